The van der Waals surface area contributed by atoms with E-state index in [1.165, 1.54) is 0 Å². The number of benzene rings is 3. The molecule has 0 aliphatic rings. The molecule has 0 spiro atoms. The zero-order chi connectivity index (χ0) is 23.2. The molecule has 4 aromatic rings. The Morgan fingerprint density at radius 3 is 2.52 bits per heavy atom. The summed E-state index contributed by atoms with van der Waals surface area (Å²) in [5.74, 6) is 0.760. The molecule has 3 aromatic carbocycles. The number of para-hydroxylation sites is 2. The number of carbonyl (C=O) groups excluding carboxylic acids is 2. The summed E-state index contributed by atoms with van der Waals surface area (Å²) in [6, 6.07) is 20.7. The van der Waals surface area contributed by atoms with Crippen molar-refractivity contribution in [1.29, 1.82) is 0 Å². The van der Waals surface area contributed by atoms with Crippen LogP contribution < -0.4 is 15.6 Å². The van der Waals surface area contributed by atoms with E-state index in [1.807, 2.05) is 61.5 Å². The smallest absolute Gasteiger partial charge is 0.269 e. The number of methoxy groups -OCH3 is 1. The van der Waals surface area contributed by atoms with Gasteiger partial charge in [-0.05, 0) is 53.9 Å². The van der Waals surface area contributed by atoms with Crippen molar-refractivity contribution in [2.24, 2.45) is 0 Å². The van der Waals surface area contributed by atoms with Crippen LogP contribution in [-0.2, 0) is 17.0 Å². The van der Waals surface area contributed by atoms with Gasteiger partial charge in [0, 0.05) is 11.3 Å². The number of rotatable bonds is 7. The fourth-order valence-electron chi connectivity index (χ4n) is 3.30. The summed E-state index contributed by atoms with van der Waals surface area (Å²) in [6.45, 7) is 1.94. The molecule has 33 heavy (non-hydrogen) atoms. The second-order valence-electron chi connectivity index (χ2n) is 7.53. The number of imidazole rings is 1. The van der Waals surface area contributed by atoms with Crippen molar-refractivity contribution in [3.05, 3.63) is 89.0 Å². The van der Waals surface area contributed by atoms with Gasteiger partial charge in [-0.1, -0.05) is 48.2 Å². The summed E-state index contributed by atoms with van der Waals surface area (Å²) in [5, 5.41) is 0.854. The lowest BCUT2D eigenvalue weighted by atomic mass is 10.1. The number of aryl methyl sites for hydroxylation is 1. The van der Waals surface area contributed by atoms with Crippen LogP contribution in [0, 0.1) is 6.92 Å². The zero-order valence-electron chi connectivity index (χ0n) is 18.3. The zero-order valence-corrected chi connectivity index (χ0v) is 19.2. The number of hydrogen-bond donors (Lipinski definition) is 3. The molecular weight excluding hydrogens is 436 g/mol. The minimum Gasteiger partial charge on any atom is -0.496 e. The van der Waals surface area contributed by atoms with E-state index in [2.05, 4.69) is 20.8 Å². The quantitative estimate of drug-likeness (QED) is 0.284. The number of nitrogens with one attached hydrogen (secondary N) is 3. The molecule has 0 fully saturated rings. The van der Waals surface area contributed by atoms with Crippen molar-refractivity contribution in [2.45, 2.75) is 24.3 Å². The summed E-state index contributed by atoms with van der Waals surface area (Å²) in [7, 11) is 1.59. The van der Waals surface area contributed by atoms with Gasteiger partial charge in [-0.15, -0.1) is 0 Å². The van der Waals surface area contributed by atoms with Crippen LogP contribution in [0.1, 0.15) is 27.0 Å². The Labute approximate surface area is 195 Å². The third-order valence-corrected chi connectivity index (χ3v) is 6.06. The van der Waals surface area contributed by atoms with Gasteiger partial charge in [-0.2, -0.15) is 0 Å². The maximum absolute atomic E-state index is 12.4. The molecule has 4 rings (SSSR count). The monoisotopic (exact) mass is 460 g/mol. The summed E-state index contributed by atoms with van der Waals surface area (Å²) >= 11 is 1.60. The van der Waals surface area contributed by atoms with Gasteiger partial charge in [0.25, 0.3) is 5.91 Å². The van der Waals surface area contributed by atoms with Crippen LogP contribution in [0.3, 0.4) is 0 Å². The van der Waals surface area contributed by atoms with E-state index in [4.69, 9.17) is 4.74 Å². The van der Waals surface area contributed by atoms with Gasteiger partial charge >= 0.3 is 0 Å². The number of aromatic amines is 1. The van der Waals surface area contributed by atoms with Crippen LogP contribution in [-0.4, -0.2) is 28.9 Å². The Balaban J connectivity index is 1.26. The maximum atomic E-state index is 12.4. The Morgan fingerprint density at radius 1 is 1.00 bits per heavy atom. The SMILES string of the molecule is COc1cc(CC(=O)NNC(=O)c2ccc(CSc3nc4ccccc4[nH]3)cc2)ccc1C. The fourth-order valence-corrected chi connectivity index (χ4v) is 4.15. The fraction of sp³-hybridized carbons (Fsp3) is 0.160. The first kappa shape index (κ1) is 22.4. The van der Waals surface area contributed by atoms with Crippen LogP contribution in [0.5, 0.6) is 5.75 Å². The second-order valence-corrected chi connectivity index (χ2v) is 8.49. The molecule has 8 heteroatoms. The third-order valence-electron chi connectivity index (χ3n) is 5.11. The standard InChI is InChI=1S/C25H24N4O3S/c1-16-7-8-18(13-22(16)32-2)14-23(30)28-29-24(31)19-11-9-17(10-12-19)15-33-25-26-20-5-3-4-6-21(20)27-25/h3-13H,14-15H2,1-2H3,(H,26,27)(H,28,30)(H,29,31). The number of aromatic nitrogens is 2. The lowest BCUT2D eigenvalue weighted by Gasteiger charge is -2.10. The van der Waals surface area contributed by atoms with Crippen LogP contribution in [0.2, 0.25) is 0 Å². The number of H-pyrrole nitrogens is 1. The molecule has 0 saturated carbocycles. The highest BCUT2D eigenvalue weighted by Gasteiger charge is 2.10. The molecule has 168 valence electrons. The van der Waals surface area contributed by atoms with E-state index in [9.17, 15) is 9.59 Å². The number of thioether (sulfide) groups is 1. The van der Waals surface area contributed by atoms with Crippen LogP contribution in [0.15, 0.2) is 71.9 Å². The van der Waals surface area contributed by atoms with Gasteiger partial charge in [0.15, 0.2) is 5.16 Å². The van der Waals surface area contributed by atoms with Gasteiger partial charge in [0.05, 0.1) is 24.6 Å². The number of fused-ring (bicyclic) bond motifs is 1. The average Bonchev–Trinajstić information content (AvgIpc) is 3.26. The number of amides is 2. The molecule has 0 radical (unpaired) electrons. The summed E-state index contributed by atoms with van der Waals surface area (Å²) in [4.78, 5) is 32.4. The molecule has 2 amide bonds. The summed E-state index contributed by atoms with van der Waals surface area (Å²) in [6.07, 6.45) is 0.134. The highest BCUT2D eigenvalue weighted by molar-refractivity contribution is 7.98. The Hall–Kier alpha value is -3.78. The van der Waals surface area contributed by atoms with Gasteiger partial charge < -0.3 is 9.72 Å². The molecule has 0 saturated heterocycles. The predicted octanol–water partition coefficient (Wildman–Crippen LogP) is 4.18. The molecule has 0 atom stereocenters. The highest BCUT2D eigenvalue weighted by Crippen LogP contribution is 2.23. The van der Waals surface area contributed by atoms with E-state index >= 15 is 0 Å². The van der Waals surface area contributed by atoms with Gasteiger partial charge in [0.2, 0.25) is 5.91 Å². The van der Waals surface area contributed by atoms with Crippen LogP contribution in [0.4, 0.5) is 0 Å². The van der Waals surface area contributed by atoms with Crippen molar-refractivity contribution < 1.29 is 14.3 Å². The molecule has 0 bridgehead atoms. The molecule has 1 heterocycles. The highest BCUT2D eigenvalue weighted by atomic mass is 32.2. The number of hydrazine groups is 1. The van der Waals surface area contributed by atoms with Crippen molar-refractivity contribution in [2.75, 3.05) is 7.11 Å². The largest absolute Gasteiger partial charge is 0.496 e. The maximum Gasteiger partial charge on any atom is 0.269 e. The minimum absolute atomic E-state index is 0.134. The normalized spacial score (nSPS) is 10.7. The molecule has 0 unspecified atom stereocenters. The Bertz CT molecular complexity index is 1250. The van der Waals surface area contributed by atoms with Crippen molar-refractivity contribution >= 4 is 34.6 Å². The van der Waals surface area contributed by atoms with E-state index in [0.29, 0.717) is 5.56 Å². The van der Waals surface area contributed by atoms with Crippen molar-refractivity contribution in [3.8, 4) is 5.75 Å². The number of carbonyl (C=O) groups is 2. The van der Waals surface area contributed by atoms with Crippen molar-refractivity contribution in [1.82, 2.24) is 20.8 Å². The number of ether oxygens (including phenoxy) is 1. The molecule has 0 aliphatic heterocycles. The van der Waals surface area contributed by atoms with E-state index < -0.39 is 0 Å². The molecule has 1 aromatic heterocycles. The summed E-state index contributed by atoms with van der Waals surface area (Å²) in [5.41, 5.74) is 10.2. The summed E-state index contributed by atoms with van der Waals surface area (Å²) < 4.78 is 5.28. The van der Waals surface area contributed by atoms with Gasteiger partial charge in [-0.3, -0.25) is 20.4 Å². The minimum atomic E-state index is -0.374. The topological polar surface area (TPSA) is 96.1 Å². The van der Waals surface area contributed by atoms with E-state index in [-0.39, 0.29) is 18.2 Å². The van der Waals surface area contributed by atoms with E-state index in [1.54, 1.807) is 31.0 Å². The molecule has 3 N–H and O–H groups in total. The van der Waals surface area contributed by atoms with Gasteiger partial charge in [0.1, 0.15) is 5.75 Å². The number of hydrogen-bond acceptors (Lipinski definition) is 5. The van der Waals surface area contributed by atoms with Crippen LogP contribution in [0.25, 0.3) is 11.0 Å². The first-order valence-electron chi connectivity index (χ1n) is 10.4. The van der Waals surface area contributed by atoms with Crippen molar-refractivity contribution in [3.63, 3.8) is 0 Å². The van der Waals surface area contributed by atoms with Crippen LogP contribution >= 0.6 is 11.8 Å². The first-order chi connectivity index (χ1) is 16.0. The lowest BCUT2D eigenvalue weighted by molar-refractivity contribution is -0.121. The Kier molecular flexibility index (Phi) is 6.95. The lowest BCUT2D eigenvalue weighted by Crippen LogP contribution is -2.42. The predicted molar refractivity (Wildman–Crippen MR) is 129 cm³/mol. The first-order valence-corrected chi connectivity index (χ1v) is 11.4. The van der Waals surface area contributed by atoms with E-state index in [0.717, 1.165) is 44.4 Å². The molecule has 0 aliphatic carbocycles. The average molecular weight is 461 g/mol. The molecular formula is C25H24N4O3S. The Morgan fingerprint density at radius 2 is 1.76 bits per heavy atom. The van der Waals surface area contributed by atoms with Gasteiger partial charge in [-0.25, -0.2) is 4.98 Å². The second kappa shape index (κ2) is 10.2. The third kappa shape index (κ3) is 5.72. The number of nitrogens with zero attached hydrogens (tertiary/aromatic N) is 1. The molecule has 7 nitrogen and oxygen atoms in total.